The molecule has 2 rings (SSSR count). The van der Waals surface area contributed by atoms with Gasteiger partial charge in [0.25, 0.3) is 11.8 Å². The number of carbonyl (C=O) groups is 2. The maximum Gasteiger partial charge on any atom is 0.253 e. The second-order valence-electron chi connectivity index (χ2n) is 4.82. The highest BCUT2D eigenvalue weighted by atomic mass is 16.2. The topological polar surface area (TPSA) is 75.4 Å². The van der Waals surface area contributed by atoms with Crippen LogP contribution in [-0.4, -0.2) is 42.4 Å². The van der Waals surface area contributed by atoms with Crippen molar-refractivity contribution in [3.8, 4) is 0 Å². The van der Waals surface area contributed by atoms with E-state index in [-0.39, 0.29) is 17.9 Å². The molecule has 0 fully saturated rings. The second kappa shape index (κ2) is 6.98. The standard InChI is InChI=1S/C15H19N3O2/c16-13(10-12-4-2-1-3-5-12)11-17-8-9-18-14(19)6-7-15(18)20/h1-7,13,17H,8-11,16H2/t13-/m0/s1. The fraction of sp³-hybridized carbons (Fsp3) is 0.333. The van der Waals surface area contributed by atoms with Crippen LogP contribution >= 0.6 is 0 Å². The van der Waals surface area contributed by atoms with E-state index >= 15 is 0 Å². The molecule has 106 valence electrons. The molecule has 20 heavy (non-hydrogen) atoms. The van der Waals surface area contributed by atoms with Crippen molar-refractivity contribution < 1.29 is 9.59 Å². The first-order valence-electron chi connectivity index (χ1n) is 6.70. The molecule has 0 radical (unpaired) electrons. The molecule has 0 spiro atoms. The molecule has 0 bridgehead atoms. The third-order valence-corrected chi connectivity index (χ3v) is 3.16. The lowest BCUT2D eigenvalue weighted by atomic mass is 10.1. The number of hydrogen-bond acceptors (Lipinski definition) is 4. The van der Waals surface area contributed by atoms with Crippen LogP contribution in [0.25, 0.3) is 0 Å². The maximum absolute atomic E-state index is 11.3. The smallest absolute Gasteiger partial charge is 0.253 e. The van der Waals surface area contributed by atoms with Crippen molar-refractivity contribution in [1.29, 1.82) is 0 Å². The average molecular weight is 273 g/mol. The third-order valence-electron chi connectivity index (χ3n) is 3.16. The lowest BCUT2D eigenvalue weighted by Crippen LogP contribution is -2.41. The van der Waals surface area contributed by atoms with Crippen molar-refractivity contribution in [2.45, 2.75) is 12.5 Å². The molecular formula is C15H19N3O2. The first-order chi connectivity index (χ1) is 9.66. The van der Waals surface area contributed by atoms with E-state index in [1.807, 2.05) is 30.3 Å². The van der Waals surface area contributed by atoms with E-state index < -0.39 is 0 Å². The van der Waals surface area contributed by atoms with E-state index in [0.29, 0.717) is 19.6 Å². The summed E-state index contributed by atoms with van der Waals surface area (Å²) in [7, 11) is 0. The largest absolute Gasteiger partial charge is 0.326 e. The van der Waals surface area contributed by atoms with Gasteiger partial charge in [-0.05, 0) is 12.0 Å². The first-order valence-corrected chi connectivity index (χ1v) is 6.70. The fourth-order valence-electron chi connectivity index (χ4n) is 2.12. The van der Waals surface area contributed by atoms with Gasteiger partial charge in [0.15, 0.2) is 0 Å². The number of benzene rings is 1. The Labute approximate surface area is 118 Å². The lowest BCUT2D eigenvalue weighted by molar-refractivity contribution is -0.136. The van der Waals surface area contributed by atoms with Crippen LogP contribution in [-0.2, 0) is 16.0 Å². The zero-order valence-electron chi connectivity index (χ0n) is 11.3. The SMILES string of the molecule is N[C@H](CNCCN1C(=O)C=CC1=O)Cc1ccccc1. The number of nitrogens with zero attached hydrogens (tertiary/aromatic N) is 1. The van der Waals surface area contributed by atoms with Crippen LogP contribution in [0.5, 0.6) is 0 Å². The van der Waals surface area contributed by atoms with E-state index in [1.54, 1.807) is 0 Å². The van der Waals surface area contributed by atoms with E-state index in [1.165, 1.54) is 22.6 Å². The molecule has 3 N–H and O–H groups in total. The molecule has 5 heteroatoms. The highest BCUT2D eigenvalue weighted by molar-refractivity contribution is 6.12. The van der Waals surface area contributed by atoms with Crippen molar-refractivity contribution in [2.24, 2.45) is 5.73 Å². The highest BCUT2D eigenvalue weighted by Gasteiger charge is 2.22. The molecule has 1 aromatic rings. The molecule has 0 unspecified atom stereocenters. The summed E-state index contributed by atoms with van der Waals surface area (Å²) in [5.74, 6) is -0.490. The van der Waals surface area contributed by atoms with Gasteiger partial charge in [-0.15, -0.1) is 0 Å². The summed E-state index contributed by atoms with van der Waals surface area (Å²) in [4.78, 5) is 23.9. The van der Waals surface area contributed by atoms with Crippen LogP contribution in [0.3, 0.4) is 0 Å². The maximum atomic E-state index is 11.3. The van der Waals surface area contributed by atoms with Gasteiger partial charge in [0.05, 0.1) is 0 Å². The Kier molecular flexibility index (Phi) is 5.03. The summed E-state index contributed by atoms with van der Waals surface area (Å²) in [6.45, 7) is 1.59. The van der Waals surface area contributed by atoms with Crippen LogP contribution in [0, 0.1) is 0 Å². The van der Waals surface area contributed by atoms with Gasteiger partial charge in [-0.25, -0.2) is 0 Å². The number of rotatable bonds is 7. The summed E-state index contributed by atoms with van der Waals surface area (Å²) >= 11 is 0. The minimum Gasteiger partial charge on any atom is -0.326 e. The Balaban J connectivity index is 1.64. The van der Waals surface area contributed by atoms with Crippen LogP contribution in [0.15, 0.2) is 42.5 Å². The second-order valence-corrected chi connectivity index (χ2v) is 4.82. The highest BCUT2D eigenvalue weighted by Crippen LogP contribution is 2.02. The van der Waals surface area contributed by atoms with E-state index in [4.69, 9.17) is 5.73 Å². The summed E-state index contributed by atoms with van der Waals surface area (Å²) in [5, 5.41) is 3.17. The van der Waals surface area contributed by atoms with Gasteiger partial charge in [0.2, 0.25) is 0 Å². The van der Waals surface area contributed by atoms with Crippen LogP contribution in [0.4, 0.5) is 0 Å². The molecule has 1 heterocycles. The Morgan fingerprint density at radius 2 is 1.75 bits per heavy atom. The fourth-order valence-corrected chi connectivity index (χ4v) is 2.12. The minimum absolute atomic E-state index is 0.0144. The number of nitrogens with two attached hydrogens (primary N) is 1. The van der Waals surface area contributed by atoms with Gasteiger partial charge in [-0.3, -0.25) is 14.5 Å². The minimum atomic E-state index is -0.245. The molecule has 1 aromatic carbocycles. The molecule has 0 saturated carbocycles. The Morgan fingerprint density at radius 3 is 2.40 bits per heavy atom. The predicted octanol–water partition coefficient (Wildman–Crippen LogP) is 0.0710. The first kappa shape index (κ1) is 14.4. The molecule has 1 atom stereocenters. The Morgan fingerprint density at radius 1 is 1.10 bits per heavy atom. The third kappa shape index (κ3) is 4.01. The van der Waals surface area contributed by atoms with Gasteiger partial charge in [-0.2, -0.15) is 0 Å². The lowest BCUT2D eigenvalue weighted by Gasteiger charge is -2.16. The van der Waals surface area contributed by atoms with Crippen molar-refractivity contribution >= 4 is 11.8 Å². The molecule has 2 amide bonds. The molecule has 0 aromatic heterocycles. The summed E-state index contributed by atoms with van der Waals surface area (Å²) < 4.78 is 0. The normalized spacial score (nSPS) is 15.9. The molecular weight excluding hydrogens is 254 g/mol. The quantitative estimate of drug-likeness (QED) is 0.544. The molecule has 5 nitrogen and oxygen atoms in total. The summed E-state index contributed by atoms with van der Waals surface area (Å²) in [6.07, 6.45) is 3.39. The van der Waals surface area contributed by atoms with Gasteiger partial charge in [0, 0.05) is 37.8 Å². The van der Waals surface area contributed by atoms with Gasteiger partial charge >= 0.3 is 0 Å². The van der Waals surface area contributed by atoms with Crippen LogP contribution < -0.4 is 11.1 Å². The summed E-state index contributed by atoms with van der Waals surface area (Å²) in [5.41, 5.74) is 7.24. The van der Waals surface area contributed by atoms with E-state index in [0.717, 1.165) is 6.42 Å². The number of imide groups is 1. The average Bonchev–Trinajstić information content (AvgIpc) is 2.76. The molecule has 1 aliphatic heterocycles. The van der Waals surface area contributed by atoms with Crippen molar-refractivity contribution in [3.63, 3.8) is 0 Å². The number of amides is 2. The molecule has 1 aliphatic rings. The monoisotopic (exact) mass is 273 g/mol. The van der Waals surface area contributed by atoms with Crippen LogP contribution in [0.2, 0.25) is 0 Å². The van der Waals surface area contributed by atoms with Gasteiger partial charge < -0.3 is 11.1 Å². The van der Waals surface area contributed by atoms with E-state index in [9.17, 15) is 9.59 Å². The molecule has 0 aliphatic carbocycles. The number of nitrogens with one attached hydrogen (secondary N) is 1. The molecule has 0 saturated heterocycles. The Hall–Kier alpha value is -1.98. The zero-order chi connectivity index (χ0) is 14.4. The van der Waals surface area contributed by atoms with Crippen molar-refractivity contribution in [3.05, 3.63) is 48.0 Å². The van der Waals surface area contributed by atoms with Gasteiger partial charge in [0.1, 0.15) is 0 Å². The van der Waals surface area contributed by atoms with Gasteiger partial charge in [-0.1, -0.05) is 30.3 Å². The number of hydrogen-bond donors (Lipinski definition) is 2. The predicted molar refractivity (Wildman–Crippen MR) is 76.9 cm³/mol. The van der Waals surface area contributed by atoms with Crippen molar-refractivity contribution in [2.75, 3.05) is 19.6 Å². The zero-order valence-corrected chi connectivity index (χ0v) is 11.3. The summed E-state index contributed by atoms with van der Waals surface area (Å²) in [6, 6.07) is 10.1. The Bertz CT molecular complexity index is 481. The number of carbonyl (C=O) groups excluding carboxylic acids is 2. The van der Waals surface area contributed by atoms with Crippen molar-refractivity contribution in [1.82, 2.24) is 10.2 Å². The van der Waals surface area contributed by atoms with E-state index in [2.05, 4.69) is 5.32 Å². The van der Waals surface area contributed by atoms with Crippen LogP contribution in [0.1, 0.15) is 5.56 Å².